The van der Waals surface area contributed by atoms with E-state index in [0.29, 0.717) is 6.54 Å². The molecule has 142 valence electrons. The Balaban J connectivity index is 1.50. The minimum atomic E-state index is -0.470. The Morgan fingerprint density at radius 2 is 1.86 bits per heavy atom. The first kappa shape index (κ1) is 17.9. The highest BCUT2D eigenvalue weighted by Gasteiger charge is 2.21. The van der Waals surface area contributed by atoms with Gasteiger partial charge in [-0.05, 0) is 42.7 Å². The molecule has 0 saturated carbocycles. The molecule has 0 atom stereocenters. The number of halogens is 1. The first-order valence-corrected chi connectivity index (χ1v) is 9.07. The number of nitrogens with one attached hydrogen (secondary N) is 2. The van der Waals surface area contributed by atoms with Crippen molar-refractivity contribution in [3.63, 3.8) is 0 Å². The lowest BCUT2D eigenvalue weighted by Gasteiger charge is -2.31. The summed E-state index contributed by atoms with van der Waals surface area (Å²) in [5.74, 6) is 0.379. The molecule has 7 heteroatoms. The van der Waals surface area contributed by atoms with Gasteiger partial charge in [-0.3, -0.25) is 4.98 Å². The predicted octanol–water partition coefficient (Wildman–Crippen LogP) is 4.13. The molecule has 0 spiro atoms. The van der Waals surface area contributed by atoms with E-state index in [1.807, 2.05) is 25.1 Å². The second-order valence-corrected chi connectivity index (χ2v) is 6.69. The summed E-state index contributed by atoms with van der Waals surface area (Å²) in [6.45, 7) is 3.39. The van der Waals surface area contributed by atoms with E-state index in [2.05, 4.69) is 25.5 Å². The molecular formula is C21H20FN5O. The van der Waals surface area contributed by atoms with Crippen LogP contribution in [0.3, 0.4) is 0 Å². The van der Waals surface area contributed by atoms with E-state index in [1.165, 1.54) is 12.1 Å². The van der Waals surface area contributed by atoms with Gasteiger partial charge in [-0.25, -0.2) is 14.2 Å². The van der Waals surface area contributed by atoms with E-state index < -0.39 is 11.8 Å². The lowest BCUT2D eigenvalue weighted by Crippen LogP contribution is -2.32. The Hall–Kier alpha value is -3.48. The molecule has 1 aliphatic heterocycles. The van der Waals surface area contributed by atoms with Crippen molar-refractivity contribution >= 4 is 23.2 Å². The predicted molar refractivity (Wildman–Crippen MR) is 107 cm³/mol. The number of aryl methyl sites for hydroxylation is 1. The molecule has 0 bridgehead atoms. The monoisotopic (exact) mass is 377 g/mol. The molecule has 0 aliphatic carbocycles. The maximum atomic E-state index is 13.7. The average Bonchev–Trinajstić information content (AvgIpc) is 2.69. The van der Waals surface area contributed by atoms with Crippen LogP contribution in [0.1, 0.15) is 16.8 Å². The van der Waals surface area contributed by atoms with Crippen LogP contribution in [0.15, 0.2) is 54.9 Å². The zero-order valence-electron chi connectivity index (χ0n) is 15.4. The zero-order valence-corrected chi connectivity index (χ0v) is 15.4. The minimum Gasteiger partial charge on any atom is -0.351 e. The lowest BCUT2D eigenvalue weighted by atomic mass is 9.98. The van der Waals surface area contributed by atoms with Crippen LogP contribution < -0.4 is 15.5 Å². The quantitative estimate of drug-likeness (QED) is 0.720. The topological polar surface area (TPSA) is 70.2 Å². The van der Waals surface area contributed by atoms with Gasteiger partial charge in [0.05, 0.1) is 17.6 Å². The summed E-state index contributed by atoms with van der Waals surface area (Å²) in [4.78, 5) is 23.3. The number of benzene rings is 2. The average molecular weight is 377 g/mol. The van der Waals surface area contributed by atoms with E-state index in [-0.39, 0.29) is 5.69 Å². The molecule has 2 N–H and O–H groups in total. The van der Waals surface area contributed by atoms with Crippen LogP contribution in [0.5, 0.6) is 0 Å². The van der Waals surface area contributed by atoms with E-state index in [1.54, 1.807) is 24.5 Å². The second-order valence-electron chi connectivity index (χ2n) is 6.69. The summed E-state index contributed by atoms with van der Waals surface area (Å²) in [6, 6.07) is 11.4. The summed E-state index contributed by atoms with van der Waals surface area (Å²) in [6.07, 6.45) is 4.26. The fourth-order valence-electron chi connectivity index (χ4n) is 3.36. The number of amides is 2. The number of fused-ring (bicyclic) bond motifs is 1. The van der Waals surface area contributed by atoms with E-state index in [9.17, 15) is 9.18 Å². The number of hydrogen-bond acceptors (Lipinski definition) is 4. The molecule has 3 aromatic rings. The minimum absolute atomic E-state index is 0.147. The first-order chi connectivity index (χ1) is 13.6. The maximum absolute atomic E-state index is 13.7. The van der Waals surface area contributed by atoms with Gasteiger partial charge < -0.3 is 15.5 Å². The van der Waals surface area contributed by atoms with Gasteiger partial charge in [0.25, 0.3) is 0 Å². The van der Waals surface area contributed by atoms with Crippen molar-refractivity contribution in [2.24, 2.45) is 0 Å². The molecule has 28 heavy (non-hydrogen) atoms. The summed E-state index contributed by atoms with van der Waals surface area (Å²) in [5.41, 5.74) is 3.97. The summed E-state index contributed by atoms with van der Waals surface area (Å²) in [7, 11) is 0. The number of carbonyl (C=O) groups is 1. The Morgan fingerprint density at radius 1 is 1.07 bits per heavy atom. The van der Waals surface area contributed by atoms with Crippen LogP contribution in [0, 0.1) is 12.7 Å². The van der Waals surface area contributed by atoms with Crippen LogP contribution in [0.25, 0.3) is 0 Å². The molecule has 2 aromatic carbocycles. The largest absolute Gasteiger partial charge is 0.351 e. The van der Waals surface area contributed by atoms with Gasteiger partial charge >= 0.3 is 6.03 Å². The van der Waals surface area contributed by atoms with Crippen molar-refractivity contribution in [3.8, 4) is 0 Å². The molecule has 0 unspecified atom stereocenters. The van der Waals surface area contributed by atoms with E-state index >= 15 is 0 Å². The maximum Gasteiger partial charge on any atom is 0.323 e. The highest BCUT2D eigenvalue weighted by molar-refractivity contribution is 6.00. The van der Waals surface area contributed by atoms with E-state index in [0.717, 1.165) is 41.3 Å². The molecule has 2 heterocycles. The molecule has 0 fully saturated rings. The number of urea groups is 1. The molecule has 0 saturated heterocycles. The number of rotatable bonds is 3. The number of nitrogens with zero attached hydrogens (tertiary/aromatic N) is 3. The standard InChI is InChI=1S/C21H20FN5O/c1-14-11-23-12-20(24-14)27-10-9-16-15(13-27)5-4-8-18(16)25-21(28)26-19-7-3-2-6-17(19)22/h2-8,11-12H,9-10,13H2,1H3,(H2,25,26,28). The summed E-state index contributed by atoms with van der Waals surface area (Å²) < 4.78 is 13.7. The normalized spacial score (nSPS) is 13.0. The van der Waals surface area contributed by atoms with Gasteiger partial charge in [-0.2, -0.15) is 0 Å². The zero-order chi connectivity index (χ0) is 19.5. The van der Waals surface area contributed by atoms with Gasteiger partial charge in [0.2, 0.25) is 0 Å². The van der Waals surface area contributed by atoms with Gasteiger partial charge in [-0.15, -0.1) is 0 Å². The number of aromatic nitrogens is 2. The molecule has 1 aromatic heterocycles. The fourth-order valence-corrected chi connectivity index (χ4v) is 3.36. The summed E-state index contributed by atoms with van der Waals surface area (Å²) >= 11 is 0. The highest BCUT2D eigenvalue weighted by Crippen LogP contribution is 2.28. The third kappa shape index (κ3) is 3.78. The van der Waals surface area contributed by atoms with Crippen molar-refractivity contribution < 1.29 is 9.18 Å². The Labute approximate surface area is 162 Å². The molecule has 6 nitrogen and oxygen atoms in total. The van der Waals surface area contributed by atoms with Crippen LogP contribution >= 0.6 is 0 Å². The highest BCUT2D eigenvalue weighted by atomic mass is 19.1. The number of carbonyl (C=O) groups excluding carboxylic acids is 1. The SMILES string of the molecule is Cc1cncc(N2CCc3c(cccc3NC(=O)Nc3ccccc3F)C2)n1. The smallest absolute Gasteiger partial charge is 0.323 e. The first-order valence-electron chi connectivity index (χ1n) is 9.07. The van der Waals surface area contributed by atoms with Crippen molar-refractivity contribution in [1.29, 1.82) is 0 Å². The van der Waals surface area contributed by atoms with Crippen LogP contribution in [0.4, 0.5) is 26.4 Å². The Morgan fingerprint density at radius 3 is 2.68 bits per heavy atom. The lowest BCUT2D eigenvalue weighted by molar-refractivity contribution is 0.262. The molecule has 4 rings (SSSR count). The van der Waals surface area contributed by atoms with Crippen molar-refractivity contribution in [1.82, 2.24) is 9.97 Å². The number of anilines is 3. The van der Waals surface area contributed by atoms with Gasteiger partial charge in [-0.1, -0.05) is 24.3 Å². The van der Waals surface area contributed by atoms with Crippen molar-refractivity contribution in [2.75, 3.05) is 22.1 Å². The van der Waals surface area contributed by atoms with Gasteiger partial charge in [0, 0.05) is 25.0 Å². The third-order valence-electron chi connectivity index (χ3n) is 4.70. The Kier molecular flexibility index (Phi) is 4.89. The number of hydrogen-bond donors (Lipinski definition) is 2. The van der Waals surface area contributed by atoms with Crippen LogP contribution in [0.2, 0.25) is 0 Å². The molecule has 1 aliphatic rings. The molecular weight excluding hydrogens is 357 g/mol. The molecule has 2 amide bonds. The number of para-hydroxylation sites is 1. The molecule has 0 radical (unpaired) electrons. The third-order valence-corrected chi connectivity index (χ3v) is 4.70. The van der Waals surface area contributed by atoms with Crippen molar-refractivity contribution in [2.45, 2.75) is 19.9 Å². The van der Waals surface area contributed by atoms with Crippen LogP contribution in [-0.4, -0.2) is 22.5 Å². The fraction of sp³-hybridized carbons (Fsp3) is 0.190. The van der Waals surface area contributed by atoms with E-state index in [4.69, 9.17) is 0 Å². The van der Waals surface area contributed by atoms with Crippen LogP contribution in [-0.2, 0) is 13.0 Å². The summed E-state index contributed by atoms with van der Waals surface area (Å²) in [5, 5.41) is 5.40. The Bertz CT molecular complexity index is 1020. The van der Waals surface area contributed by atoms with Gasteiger partial charge in [0.1, 0.15) is 11.6 Å². The van der Waals surface area contributed by atoms with Crippen molar-refractivity contribution in [3.05, 3.63) is 77.5 Å². The van der Waals surface area contributed by atoms with Gasteiger partial charge in [0.15, 0.2) is 0 Å². The second kappa shape index (κ2) is 7.64.